The average Bonchev–Trinajstić information content (AvgIpc) is 2.37. The Hall–Kier alpha value is -1.62. The number of benzene rings is 1. The molecule has 106 valence electrons. The van der Waals surface area contributed by atoms with Gasteiger partial charge in [0.25, 0.3) is 0 Å². The van der Waals surface area contributed by atoms with E-state index in [1.165, 1.54) is 5.56 Å². The molecule has 0 radical (unpaired) electrons. The lowest BCUT2D eigenvalue weighted by Gasteiger charge is -2.14. The van der Waals surface area contributed by atoms with Gasteiger partial charge in [0.2, 0.25) is 0 Å². The van der Waals surface area contributed by atoms with Crippen molar-refractivity contribution >= 4 is 33.3 Å². The zero-order chi connectivity index (χ0) is 14.9. The molecule has 2 aromatic rings. The summed E-state index contributed by atoms with van der Waals surface area (Å²) in [5, 5.41) is 3.33. The Morgan fingerprint density at radius 2 is 1.90 bits per heavy atom. The molecule has 2 rings (SSSR count). The summed E-state index contributed by atoms with van der Waals surface area (Å²) in [5.74, 6) is 2.26. The van der Waals surface area contributed by atoms with Gasteiger partial charge >= 0.3 is 0 Å². The van der Waals surface area contributed by atoms with Gasteiger partial charge in [0, 0.05) is 16.0 Å². The third-order valence-corrected chi connectivity index (χ3v) is 3.75. The average molecular weight is 335 g/mol. The van der Waals surface area contributed by atoms with Gasteiger partial charge in [-0.3, -0.25) is 0 Å². The van der Waals surface area contributed by atoms with Crippen LogP contribution in [0.15, 0.2) is 22.7 Å². The quantitative estimate of drug-likeness (QED) is 0.877. The number of aromatic nitrogens is 2. The maximum absolute atomic E-state index is 5.97. The fourth-order valence-electron chi connectivity index (χ4n) is 1.78. The molecule has 0 aliphatic heterocycles. The smallest absolute Gasteiger partial charge is 0.139 e. The van der Waals surface area contributed by atoms with Gasteiger partial charge < -0.3 is 11.1 Å². The summed E-state index contributed by atoms with van der Waals surface area (Å²) in [6.07, 6.45) is 0. The summed E-state index contributed by atoms with van der Waals surface area (Å²) in [4.78, 5) is 8.89. The number of anilines is 3. The standard InChI is InChI=1S/C15H19BrN4/c1-8(2)14-19-13(17)10(4)15(20-14)18-12-6-5-9(3)7-11(12)16/h5-8H,1-4H3,(H3,17,18,19,20). The summed E-state index contributed by atoms with van der Waals surface area (Å²) < 4.78 is 1.00. The van der Waals surface area contributed by atoms with Gasteiger partial charge in [0.05, 0.1) is 5.69 Å². The highest BCUT2D eigenvalue weighted by molar-refractivity contribution is 9.10. The van der Waals surface area contributed by atoms with E-state index < -0.39 is 0 Å². The molecule has 0 atom stereocenters. The van der Waals surface area contributed by atoms with Gasteiger partial charge in [-0.2, -0.15) is 0 Å². The molecule has 0 saturated carbocycles. The van der Waals surface area contributed by atoms with Crippen molar-refractivity contribution in [3.63, 3.8) is 0 Å². The van der Waals surface area contributed by atoms with E-state index in [0.29, 0.717) is 5.82 Å². The van der Waals surface area contributed by atoms with Gasteiger partial charge in [0.1, 0.15) is 17.5 Å². The third kappa shape index (κ3) is 3.10. The van der Waals surface area contributed by atoms with Crippen LogP contribution in [0.5, 0.6) is 0 Å². The predicted octanol–water partition coefficient (Wildman–Crippen LogP) is 4.31. The zero-order valence-electron chi connectivity index (χ0n) is 12.2. The molecule has 1 heterocycles. The molecule has 0 aliphatic rings. The van der Waals surface area contributed by atoms with Crippen molar-refractivity contribution in [1.29, 1.82) is 0 Å². The Balaban J connectivity index is 2.42. The van der Waals surface area contributed by atoms with E-state index >= 15 is 0 Å². The highest BCUT2D eigenvalue weighted by atomic mass is 79.9. The van der Waals surface area contributed by atoms with Crippen molar-refractivity contribution in [2.75, 3.05) is 11.1 Å². The maximum atomic E-state index is 5.97. The van der Waals surface area contributed by atoms with Crippen LogP contribution in [-0.4, -0.2) is 9.97 Å². The Kier molecular flexibility index (Phi) is 4.28. The molecule has 0 aliphatic carbocycles. The number of nitrogens with zero attached hydrogens (tertiary/aromatic N) is 2. The van der Waals surface area contributed by atoms with E-state index in [1.54, 1.807) is 0 Å². The minimum absolute atomic E-state index is 0.236. The minimum Gasteiger partial charge on any atom is -0.383 e. The van der Waals surface area contributed by atoms with Crippen LogP contribution in [0.1, 0.15) is 36.7 Å². The van der Waals surface area contributed by atoms with Crippen molar-refractivity contribution in [3.8, 4) is 0 Å². The summed E-state index contributed by atoms with van der Waals surface area (Å²) in [5.41, 5.74) is 9.00. The van der Waals surface area contributed by atoms with Crippen molar-refractivity contribution in [3.05, 3.63) is 39.6 Å². The molecule has 0 spiro atoms. The van der Waals surface area contributed by atoms with Crippen LogP contribution >= 0.6 is 15.9 Å². The zero-order valence-corrected chi connectivity index (χ0v) is 13.7. The summed E-state index contributed by atoms with van der Waals surface area (Å²) >= 11 is 3.56. The molecular weight excluding hydrogens is 316 g/mol. The number of hydrogen-bond donors (Lipinski definition) is 2. The lowest BCUT2D eigenvalue weighted by Crippen LogP contribution is -2.08. The summed E-state index contributed by atoms with van der Waals surface area (Å²) in [6, 6.07) is 6.13. The highest BCUT2D eigenvalue weighted by Gasteiger charge is 2.12. The fraction of sp³-hybridized carbons (Fsp3) is 0.333. The number of nitrogens with one attached hydrogen (secondary N) is 1. The number of rotatable bonds is 3. The van der Waals surface area contributed by atoms with E-state index in [1.807, 2.05) is 13.0 Å². The second-order valence-corrected chi connectivity index (χ2v) is 6.06. The van der Waals surface area contributed by atoms with E-state index in [0.717, 1.165) is 27.4 Å². The maximum Gasteiger partial charge on any atom is 0.139 e. The first-order valence-corrected chi connectivity index (χ1v) is 7.35. The lowest BCUT2D eigenvalue weighted by molar-refractivity contribution is 0.776. The van der Waals surface area contributed by atoms with Crippen LogP contribution in [0.3, 0.4) is 0 Å². The number of halogens is 1. The highest BCUT2D eigenvalue weighted by Crippen LogP contribution is 2.29. The van der Waals surface area contributed by atoms with Gasteiger partial charge in [-0.25, -0.2) is 9.97 Å². The van der Waals surface area contributed by atoms with Gasteiger partial charge in [0.15, 0.2) is 0 Å². The van der Waals surface area contributed by atoms with Crippen LogP contribution < -0.4 is 11.1 Å². The molecule has 5 heteroatoms. The Morgan fingerprint density at radius 3 is 2.50 bits per heavy atom. The van der Waals surface area contributed by atoms with Crippen LogP contribution in [0, 0.1) is 13.8 Å². The molecule has 0 bridgehead atoms. The van der Waals surface area contributed by atoms with E-state index in [-0.39, 0.29) is 5.92 Å². The molecule has 0 saturated heterocycles. The van der Waals surface area contributed by atoms with Gasteiger partial charge in [-0.05, 0) is 47.5 Å². The fourth-order valence-corrected chi connectivity index (χ4v) is 2.37. The van der Waals surface area contributed by atoms with Crippen LogP contribution in [0.4, 0.5) is 17.3 Å². The summed E-state index contributed by atoms with van der Waals surface area (Å²) in [6.45, 7) is 8.08. The van der Waals surface area contributed by atoms with Gasteiger partial charge in [-0.1, -0.05) is 19.9 Å². The molecule has 0 fully saturated rings. The summed E-state index contributed by atoms with van der Waals surface area (Å²) in [7, 11) is 0. The van der Waals surface area contributed by atoms with E-state index in [4.69, 9.17) is 5.73 Å². The Morgan fingerprint density at radius 1 is 1.20 bits per heavy atom. The number of nitrogen functional groups attached to an aromatic ring is 1. The van der Waals surface area contributed by atoms with Crippen molar-refractivity contribution in [2.24, 2.45) is 0 Å². The largest absolute Gasteiger partial charge is 0.383 e. The number of nitrogens with two attached hydrogens (primary N) is 1. The first-order chi connectivity index (χ1) is 9.38. The van der Waals surface area contributed by atoms with Crippen molar-refractivity contribution in [2.45, 2.75) is 33.6 Å². The molecule has 0 unspecified atom stereocenters. The first kappa shape index (κ1) is 14.8. The molecular formula is C15H19BrN4. The molecule has 4 nitrogen and oxygen atoms in total. The predicted molar refractivity (Wildman–Crippen MR) is 87.4 cm³/mol. The Bertz CT molecular complexity index is 638. The van der Waals surface area contributed by atoms with Crippen LogP contribution in [-0.2, 0) is 0 Å². The van der Waals surface area contributed by atoms with E-state index in [9.17, 15) is 0 Å². The Labute approximate surface area is 128 Å². The first-order valence-electron chi connectivity index (χ1n) is 6.55. The molecule has 1 aromatic carbocycles. The third-order valence-electron chi connectivity index (χ3n) is 3.09. The normalized spacial score (nSPS) is 10.9. The van der Waals surface area contributed by atoms with Crippen LogP contribution in [0.2, 0.25) is 0 Å². The molecule has 20 heavy (non-hydrogen) atoms. The topological polar surface area (TPSA) is 63.8 Å². The van der Waals surface area contributed by atoms with E-state index in [2.05, 4.69) is 64.1 Å². The monoisotopic (exact) mass is 334 g/mol. The minimum atomic E-state index is 0.236. The number of aryl methyl sites for hydroxylation is 1. The number of hydrogen-bond acceptors (Lipinski definition) is 4. The van der Waals surface area contributed by atoms with Crippen molar-refractivity contribution < 1.29 is 0 Å². The van der Waals surface area contributed by atoms with Crippen LogP contribution in [0.25, 0.3) is 0 Å². The van der Waals surface area contributed by atoms with Crippen molar-refractivity contribution in [1.82, 2.24) is 9.97 Å². The second kappa shape index (κ2) is 5.79. The SMILES string of the molecule is Cc1ccc(Nc2nc(C(C)C)nc(N)c2C)c(Br)c1. The van der Waals surface area contributed by atoms with Gasteiger partial charge in [-0.15, -0.1) is 0 Å². The lowest BCUT2D eigenvalue weighted by atomic mass is 10.2. The molecule has 1 aromatic heterocycles. The molecule has 0 amide bonds. The molecule has 3 N–H and O–H groups in total. The second-order valence-electron chi connectivity index (χ2n) is 5.20.